The van der Waals surface area contributed by atoms with E-state index >= 15 is 0 Å². The number of nitrogens with one attached hydrogen (secondary N) is 1. The third kappa shape index (κ3) is 6.59. The van der Waals surface area contributed by atoms with Crippen LogP contribution in [-0.4, -0.2) is 7.28 Å². The molecule has 3 nitrogen and oxygen atoms in total. The van der Waals surface area contributed by atoms with E-state index in [4.69, 9.17) is 4.42 Å². The Bertz CT molecular complexity index is 3430. The number of benzene rings is 7. The number of para-hydroxylation sites is 1. The summed E-state index contributed by atoms with van der Waals surface area (Å²) in [7, 11) is 0.828. The van der Waals surface area contributed by atoms with E-state index in [0.717, 1.165) is 46.2 Å². The Balaban J connectivity index is 1.15. The van der Waals surface area contributed by atoms with E-state index in [0.29, 0.717) is 0 Å². The maximum absolute atomic E-state index is 6.80. The highest BCUT2D eigenvalue weighted by Gasteiger charge is 2.42. The average molecular weight is 893 g/mol. The number of rotatable bonds is 4. The summed E-state index contributed by atoms with van der Waals surface area (Å²) < 4.78 is 6.80. The molecule has 4 heteroatoms. The first-order valence-electron chi connectivity index (χ1n) is 25.7. The van der Waals surface area contributed by atoms with Crippen LogP contribution in [0.1, 0.15) is 155 Å². The van der Waals surface area contributed by atoms with E-state index in [1.54, 1.807) is 0 Å². The second-order valence-electron chi connectivity index (χ2n) is 25.4. The molecule has 0 amide bonds. The van der Waals surface area contributed by atoms with Gasteiger partial charge in [-0.2, -0.15) is 0 Å². The zero-order chi connectivity index (χ0) is 47.5. The van der Waals surface area contributed by atoms with Crippen LogP contribution in [0.5, 0.6) is 0 Å². The van der Waals surface area contributed by atoms with Gasteiger partial charge in [-0.3, -0.25) is 0 Å². The Hall–Kier alpha value is -5.74. The first-order chi connectivity index (χ1) is 32.1. The molecule has 1 aliphatic heterocycles. The van der Waals surface area contributed by atoms with E-state index in [9.17, 15) is 0 Å². The van der Waals surface area contributed by atoms with Crippen LogP contribution in [0.3, 0.4) is 0 Å². The molecule has 7 aromatic carbocycles. The SMILES string of the molecule is CC1(C)CCC(C)(C)c2cc(Nc3cc4c(cc3-c3c5c(cc6ccccc36)N(c3ccc6c(c3)C(C)(C)CCC6(C)C)c3cc6c(cc3B5)C(C)(C)CCC6(C)C)oc3ccccc34)ccc21. The summed E-state index contributed by atoms with van der Waals surface area (Å²) >= 11 is 0. The van der Waals surface area contributed by atoms with Crippen LogP contribution in [0, 0.1) is 0 Å². The van der Waals surface area contributed by atoms with Crippen LogP contribution in [0.4, 0.5) is 28.4 Å². The van der Waals surface area contributed by atoms with Gasteiger partial charge in [0.15, 0.2) is 7.28 Å². The fraction of sp³-hybridized carbons (Fsp3) is 0.375. The first-order valence-corrected chi connectivity index (χ1v) is 25.7. The van der Waals surface area contributed by atoms with Crippen LogP contribution in [0.2, 0.25) is 0 Å². The highest BCUT2D eigenvalue weighted by molar-refractivity contribution is 6.74. The fourth-order valence-corrected chi connectivity index (χ4v) is 13.3. The van der Waals surface area contributed by atoms with E-state index in [1.807, 2.05) is 0 Å². The molecule has 0 unspecified atom stereocenters. The lowest BCUT2D eigenvalue weighted by Crippen LogP contribution is -2.44. The van der Waals surface area contributed by atoms with Crippen molar-refractivity contribution in [1.29, 1.82) is 0 Å². The van der Waals surface area contributed by atoms with Gasteiger partial charge < -0.3 is 14.6 Å². The van der Waals surface area contributed by atoms with Crippen LogP contribution < -0.4 is 21.1 Å². The van der Waals surface area contributed by atoms with Gasteiger partial charge in [0.25, 0.3) is 0 Å². The van der Waals surface area contributed by atoms with Crippen LogP contribution in [0.25, 0.3) is 43.8 Å². The molecule has 0 fully saturated rings. The maximum Gasteiger partial charge on any atom is 0.198 e. The van der Waals surface area contributed by atoms with Gasteiger partial charge in [-0.05, 0) is 181 Å². The van der Waals surface area contributed by atoms with E-state index in [-0.39, 0.29) is 32.5 Å². The van der Waals surface area contributed by atoms with Crippen molar-refractivity contribution in [3.05, 3.63) is 149 Å². The largest absolute Gasteiger partial charge is 0.456 e. The first kappa shape index (κ1) is 43.5. The molecular formula is C64H69BN2O. The lowest BCUT2D eigenvalue weighted by atomic mass is 9.54. The van der Waals surface area contributed by atoms with E-state index in [2.05, 4.69) is 209 Å². The molecule has 3 aliphatic carbocycles. The van der Waals surface area contributed by atoms with Gasteiger partial charge in [0.1, 0.15) is 11.2 Å². The van der Waals surface area contributed by atoms with Crippen molar-refractivity contribution in [3.8, 4) is 11.1 Å². The minimum absolute atomic E-state index is 0.0724. The Morgan fingerprint density at radius 3 is 1.66 bits per heavy atom. The van der Waals surface area contributed by atoms with E-state index < -0.39 is 0 Å². The molecule has 0 radical (unpaired) electrons. The summed E-state index contributed by atoms with van der Waals surface area (Å²) in [6.45, 7) is 29.4. The molecule has 0 spiro atoms. The van der Waals surface area contributed by atoms with Gasteiger partial charge in [-0.25, -0.2) is 0 Å². The Kier molecular flexibility index (Phi) is 9.23. The van der Waals surface area contributed by atoms with Crippen molar-refractivity contribution in [3.63, 3.8) is 0 Å². The number of fused-ring (bicyclic) bond motifs is 9. The van der Waals surface area contributed by atoms with Crippen molar-refractivity contribution in [1.82, 2.24) is 0 Å². The van der Waals surface area contributed by atoms with Crippen LogP contribution >= 0.6 is 0 Å². The summed E-state index contributed by atoms with van der Waals surface area (Å²) in [6, 6.07) is 44.8. The van der Waals surface area contributed by atoms with E-state index in [1.165, 1.54) is 116 Å². The summed E-state index contributed by atoms with van der Waals surface area (Å²) in [4.78, 5) is 2.67. The molecule has 0 saturated heterocycles. The molecule has 344 valence electrons. The minimum atomic E-state index is 0.0724. The third-order valence-electron chi connectivity index (χ3n) is 18.0. The summed E-state index contributed by atoms with van der Waals surface area (Å²) in [5.74, 6) is 0. The molecule has 2 heterocycles. The predicted molar refractivity (Wildman–Crippen MR) is 293 cm³/mol. The third-order valence-corrected chi connectivity index (χ3v) is 18.0. The molecule has 8 aromatic rings. The Morgan fingerprint density at radius 1 is 0.456 bits per heavy atom. The van der Waals surface area contributed by atoms with Crippen molar-refractivity contribution in [2.75, 3.05) is 10.2 Å². The summed E-state index contributed by atoms with van der Waals surface area (Å²) in [5, 5.41) is 8.89. The molecule has 0 saturated carbocycles. The van der Waals surface area contributed by atoms with Gasteiger partial charge in [0.2, 0.25) is 0 Å². The zero-order valence-electron chi connectivity index (χ0n) is 42.8. The molecule has 0 bridgehead atoms. The number of nitrogens with zero attached hydrogens (tertiary/aromatic N) is 1. The minimum Gasteiger partial charge on any atom is -0.456 e. The topological polar surface area (TPSA) is 28.4 Å². The molecule has 1 N–H and O–H groups in total. The van der Waals surface area contributed by atoms with Gasteiger partial charge in [-0.15, -0.1) is 0 Å². The van der Waals surface area contributed by atoms with Crippen molar-refractivity contribution in [2.45, 2.75) is 154 Å². The van der Waals surface area contributed by atoms with Gasteiger partial charge in [0, 0.05) is 44.8 Å². The number of anilines is 5. The maximum atomic E-state index is 6.80. The quantitative estimate of drug-likeness (QED) is 0.178. The molecule has 68 heavy (non-hydrogen) atoms. The van der Waals surface area contributed by atoms with Gasteiger partial charge in [-0.1, -0.05) is 149 Å². The molecule has 1 aromatic heterocycles. The predicted octanol–water partition coefficient (Wildman–Crippen LogP) is 16.4. The monoisotopic (exact) mass is 893 g/mol. The number of furan rings is 1. The highest BCUT2D eigenvalue weighted by atomic mass is 16.3. The molecule has 4 aliphatic rings. The summed E-state index contributed by atoms with van der Waals surface area (Å²) in [5.41, 5.74) is 22.6. The molecule has 12 rings (SSSR count). The van der Waals surface area contributed by atoms with Crippen molar-refractivity contribution >= 4 is 79.4 Å². The van der Waals surface area contributed by atoms with Crippen LogP contribution in [-0.2, 0) is 32.5 Å². The zero-order valence-corrected chi connectivity index (χ0v) is 42.8. The van der Waals surface area contributed by atoms with Crippen molar-refractivity contribution < 1.29 is 4.42 Å². The van der Waals surface area contributed by atoms with Gasteiger partial charge >= 0.3 is 0 Å². The average Bonchev–Trinajstić information content (AvgIpc) is 3.66. The lowest BCUT2D eigenvalue weighted by Gasteiger charge is -2.45. The number of hydrogen-bond acceptors (Lipinski definition) is 3. The highest BCUT2D eigenvalue weighted by Crippen LogP contribution is 2.53. The Morgan fingerprint density at radius 2 is 1.00 bits per heavy atom. The normalized spacial score (nSPS) is 19.9. The number of hydrogen-bond donors (Lipinski definition) is 1. The lowest BCUT2D eigenvalue weighted by molar-refractivity contribution is 0.332. The standard InChI is InChI=1S/C64H69BN2O/c1-59(2)25-27-61(5,6)47-32-39(21-23-45(47)59)66-52-34-43-42-19-15-16-20-55(42)68-56(43)35-44(52)57-41-18-14-13-17-38(41)31-54-58(57)65-51-36-49-50(64(11,12)30-29-63(49,9)10)37-53(51)67(54)40-22-24-46-48(33-40)62(7,8)28-26-60(46,3)4/h13-24,31-37,65-66H,25-30H2,1-12H3. The molecular weight excluding hydrogens is 824 g/mol. The Labute approximate surface area is 406 Å². The fourth-order valence-electron chi connectivity index (χ4n) is 13.3. The van der Waals surface area contributed by atoms with Gasteiger partial charge in [0.05, 0.1) is 0 Å². The second-order valence-corrected chi connectivity index (χ2v) is 25.4. The second kappa shape index (κ2) is 14.4. The molecule has 0 atom stereocenters. The van der Waals surface area contributed by atoms with Crippen LogP contribution in [0.15, 0.2) is 120 Å². The van der Waals surface area contributed by atoms with Crippen molar-refractivity contribution in [2.24, 2.45) is 0 Å². The summed E-state index contributed by atoms with van der Waals surface area (Å²) in [6.07, 6.45) is 7.10. The smallest absolute Gasteiger partial charge is 0.198 e.